The van der Waals surface area contributed by atoms with E-state index in [1.165, 1.54) is 6.26 Å². The van der Waals surface area contributed by atoms with Gasteiger partial charge in [-0.1, -0.05) is 17.7 Å². The minimum absolute atomic E-state index is 0.122. The summed E-state index contributed by atoms with van der Waals surface area (Å²) < 4.78 is 10.5. The number of hydrogen-bond acceptors (Lipinski definition) is 6. The summed E-state index contributed by atoms with van der Waals surface area (Å²) in [6.07, 6.45) is 0.801. The highest BCUT2D eigenvalue weighted by Gasteiger charge is 2.31. The second kappa shape index (κ2) is 10.0. The second-order valence-corrected chi connectivity index (χ2v) is 8.43. The lowest BCUT2D eigenvalue weighted by molar-refractivity contribution is -0.126. The van der Waals surface area contributed by atoms with Crippen LogP contribution in [-0.4, -0.2) is 53.8 Å². The first-order chi connectivity index (χ1) is 16.3. The van der Waals surface area contributed by atoms with E-state index >= 15 is 0 Å². The third-order valence-corrected chi connectivity index (χ3v) is 5.97. The van der Waals surface area contributed by atoms with Crippen LogP contribution in [0.25, 0.3) is 0 Å². The Labute approximate surface area is 201 Å². The standard InChI is InChI=1S/C24H25ClN4O5/c1-15-20(16(2)27-22(15)34-24(32)26-14-19-7-4-12-33-19)21(30)23(31)29-10-8-28(9-11-29)18-6-3-5-17(25)13-18/h3-7,12-13,27H,8-11,14H2,1-2H3,(H,26,32). The van der Waals surface area contributed by atoms with Crippen molar-refractivity contribution in [2.45, 2.75) is 20.4 Å². The number of ether oxygens (including phenoxy) is 1. The molecule has 3 aromatic rings. The van der Waals surface area contributed by atoms with Crippen molar-refractivity contribution >= 4 is 35.1 Å². The summed E-state index contributed by atoms with van der Waals surface area (Å²) in [4.78, 5) is 44.7. The second-order valence-electron chi connectivity index (χ2n) is 7.99. The Bertz CT molecular complexity index is 1200. The van der Waals surface area contributed by atoms with Crippen molar-refractivity contribution in [2.75, 3.05) is 31.1 Å². The van der Waals surface area contributed by atoms with Gasteiger partial charge in [-0.2, -0.15) is 0 Å². The third kappa shape index (κ3) is 5.09. The van der Waals surface area contributed by atoms with Crippen LogP contribution in [-0.2, 0) is 11.3 Å². The number of carbonyl (C=O) groups excluding carboxylic acids is 3. The Morgan fingerprint density at radius 3 is 2.56 bits per heavy atom. The largest absolute Gasteiger partial charge is 0.467 e. The lowest BCUT2D eigenvalue weighted by atomic mass is 10.1. The van der Waals surface area contributed by atoms with Crippen molar-refractivity contribution in [3.05, 3.63) is 70.3 Å². The number of furan rings is 1. The van der Waals surface area contributed by atoms with E-state index in [0.717, 1.165) is 5.69 Å². The van der Waals surface area contributed by atoms with Crippen molar-refractivity contribution in [1.82, 2.24) is 15.2 Å². The number of nitrogens with one attached hydrogen (secondary N) is 2. The summed E-state index contributed by atoms with van der Waals surface area (Å²) >= 11 is 6.08. The maximum absolute atomic E-state index is 13.1. The first-order valence-electron chi connectivity index (χ1n) is 10.8. The Hall–Kier alpha value is -3.72. The third-order valence-electron chi connectivity index (χ3n) is 5.73. The molecule has 0 radical (unpaired) electrons. The number of anilines is 1. The number of amides is 2. The van der Waals surface area contributed by atoms with E-state index in [4.69, 9.17) is 20.8 Å². The fourth-order valence-corrected chi connectivity index (χ4v) is 4.14. The Morgan fingerprint density at radius 1 is 1.12 bits per heavy atom. The molecule has 0 unspecified atom stereocenters. The topological polar surface area (TPSA) is 108 Å². The molecule has 2 amide bonds. The van der Waals surface area contributed by atoms with Gasteiger partial charge in [-0.3, -0.25) is 9.59 Å². The van der Waals surface area contributed by atoms with E-state index in [9.17, 15) is 14.4 Å². The van der Waals surface area contributed by atoms with Gasteiger partial charge in [0, 0.05) is 48.1 Å². The molecular weight excluding hydrogens is 460 g/mol. The molecule has 178 valence electrons. The molecule has 1 fully saturated rings. The molecule has 10 heteroatoms. The van der Waals surface area contributed by atoms with Crippen LogP contribution >= 0.6 is 11.6 Å². The van der Waals surface area contributed by atoms with Crippen molar-refractivity contribution in [3.8, 4) is 5.88 Å². The fourth-order valence-electron chi connectivity index (χ4n) is 3.96. The van der Waals surface area contributed by atoms with Gasteiger partial charge in [0.1, 0.15) is 5.76 Å². The van der Waals surface area contributed by atoms with Crippen molar-refractivity contribution in [1.29, 1.82) is 0 Å². The van der Waals surface area contributed by atoms with Gasteiger partial charge in [-0.05, 0) is 44.2 Å². The highest BCUT2D eigenvalue weighted by atomic mass is 35.5. The first-order valence-corrected chi connectivity index (χ1v) is 11.2. The van der Waals surface area contributed by atoms with Crippen LogP contribution < -0.4 is 15.0 Å². The zero-order chi connectivity index (χ0) is 24.2. The monoisotopic (exact) mass is 484 g/mol. The number of halogens is 1. The molecule has 1 aromatic carbocycles. The number of benzene rings is 1. The number of aromatic amines is 1. The summed E-state index contributed by atoms with van der Waals surface area (Å²) in [7, 11) is 0. The molecule has 0 aliphatic carbocycles. The quantitative estimate of drug-likeness (QED) is 0.408. The van der Waals surface area contributed by atoms with Crippen LogP contribution in [0.15, 0.2) is 47.1 Å². The number of piperazine rings is 1. The van der Waals surface area contributed by atoms with E-state index in [2.05, 4.69) is 15.2 Å². The fraction of sp³-hybridized carbons (Fsp3) is 0.292. The molecule has 0 spiro atoms. The van der Waals surface area contributed by atoms with E-state index in [0.29, 0.717) is 48.2 Å². The minimum atomic E-state index is -0.705. The Morgan fingerprint density at radius 2 is 1.88 bits per heavy atom. The van der Waals surface area contributed by atoms with Crippen LogP contribution in [0, 0.1) is 13.8 Å². The number of ketones is 1. The van der Waals surface area contributed by atoms with Gasteiger partial charge < -0.3 is 29.3 Å². The number of hydrogen-bond donors (Lipinski definition) is 2. The number of carbonyl (C=O) groups is 3. The molecule has 0 atom stereocenters. The van der Waals surface area contributed by atoms with E-state index in [1.54, 1.807) is 30.9 Å². The number of H-pyrrole nitrogens is 1. The Kier molecular flexibility index (Phi) is 6.93. The van der Waals surface area contributed by atoms with Crippen LogP contribution in [0.3, 0.4) is 0 Å². The lowest BCUT2D eigenvalue weighted by Crippen LogP contribution is -2.50. The summed E-state index contributed by atoms with van der Waals surface area (Å²) in [5.41, 5.74) is 2.07. The van der Waals surface area contributed by atoms with E-state index < -0.39 is 17.8 Å². The number of Topliss-reactive ketones (excluding diaryl/α,β-unsaturated/α-hetero) is 1. The number of aromatic nitrogens is 1. The molecule has 1 saturated heterocycles. The average Bonchev–Trinajstić information content (AvgIpc) is 3.44. The zero-order valence-electron chi connectivity index (χ0n) is 18.9. The van der Waals surface area contributed by atoms with Gasteiger partial charge >= 0.3 is 6.09 Å². The predicted octanol–water partition coefficient (Wildman–Crippen LogP) is 3.70. The number of nitrogens with zero attached hydrogens (tertiary/aromatic N) is 2. The van der Waals surface area contributed by atoms with Gasteiger partial charge in [0.2, 0.25) is 5.88 Å². The van der Waals surface area contributed by atoms with Gasteiger partial charge in [0.05, 0.1) is 18.4 Å². The highest BCUT2D eigenvalue weighted by Crippen LogP contribution is 2.26. The summed E-state index contributed by atoms with van der Waals surface area (Å²) in [5, 5.41) is 3.22. The minimum Gasteiger partial charge on any atom is -0.467 e. The lowest BCUT2D eigenvalue weighted by Gasteiger charge is -2.35. The molecule has 0 saturated carbocycles. The van der Waals surface area contributed by atoms with Crippen molar-refractivity contribution < 1.29 is 23.5 Å². The van der Waals surface area contributed by atoms with Gasteiger partial charge in [0.15, 0.2) is 0 Å². The molecule has 1 aliphatic rings. The van der Waals surface area contributed by atoms with Crippen LogP contribution in [0.5, 0.6) is 5.88 Å². The predicted molar refractivity (Wildman–Crippen MR) is 126 cm³/mol. The average molecular weight is 485 g/mol. The van der Waals surface area contributed by atoms with Crippen molar-refractivity contribution in [2.24, 2.45) is 0 Å². The van der Waals surface area contributed by atoms with Gasteiger partial charge in [-0.15, -0.1) is 0 Å². The molecule has 9 nitrogen and oxygen atoms in total. The van der Waals surface area contributed by atoms with Crippen LogP contribution in [0.1, 0.15) is 27.4 Å². The van der Waals surface area contributed by atoms with E-state index in [1.807, 2.05) is 24.3 Å². The molecule has 1 aliphatic heterocycles. The molecule has 0 bridgehead atoms. The maximum Gasteiger partial charge on any atom is 0.414 e. The SMILES string of the molecule is Cc1[nH]c(OC(=O)NCc2ccco2)c(C)c1C(=O)C(=O)N1CCN(c2cccc(Cl)c2)CC1. The summed E-state index contributed by atoms with van der Waals surface area (Å²) in [6.45, 7) is 5.48. The molecule has 2 aromatic heterocycles. The van der Waals surface area contributed by atoms with Crippen LogP contribution in [0.4, 0.5) is 10.5 Å². The maximum atomic E-state index is 13.1. The smallest absolute Gasteiger partial charge is 0.414 e. The summed E-state index contributed by atoms with van der Waals surface area (Å²) in [6, 6.07) is 11.0. The molecule has 3 heterocycles. The Balaban J connectivity index is 1.37. The number of rotatable bonds is 6. The molecule has 4 rings (SSSR count). The normalized spacial score (nSPS) is 13.6. The first kappa shape index (κ1) is 23.4. The highest BCUT2D eigenvalue weighted by molar-refractivity contribution is 6.43. The molecule has 34 heavy (non-hydrogen) atoms. The van der Waals surface area contributed by atoms with Gasteiger partial charge in [0.25, 0.3) is 11.7 Å². The van der Waals surface area contributed by atoms with E-state index in [-0.39, 0.29) is 18.0 Å². The number of aryl methyl sites for hydroxylation is 1. The zero-order valence-corrected chi connectivity index (χ0v) is 19.6. The summed E-state index contributed by atoms with van der Waals surface area (Å²) in [5.74, 6) is -0.511. The molecular formula is C24H25ClN4O5. The van der Waals surface area contributed by atoms with Crippen molar-refractivity contribution in [3.63, 3.8) is 0 Å². The van der Waals surface area contributed by atoms with Gasteiger partial charge in [-0.25, -0.2) is 4.79 Å². The molecule has 2 N–H and O–H groups in total. The van der Waals surface area contributed by atoms with Crippen LogP contribution in [0.2, 0.25) is 5.02 Å².